The Morgan fingerprint density at radius 3 is 1.50 bits per heavy atom. The zero-order valence-electron chi connectivity index (χ0n) is 3.72. The minimum absolute atomic E-state index is 0. The van der Waals surface area contributed by atoms with E-state index < -0.39 is 11.1 Å². The van der Waals surface area contributed by atoms with Crippen molar-refractivity contribution in [3.63, 3.8) is 0 Å². The van der Waals surface area contributed by atoms with Crippen LogP contribution in [0.1, 0.15) is 0 Å². The van der Waals surface area contributed by atoms with Gasteiger partial charge >= 0.3 is 11.1 Å². The average molecular weight is 229 g/mol. The highest BCUT2D eigenvalue weighted by Gasteiger charge is 1.85. The molecule has 1 aromatic heterocycles. The second-order valence-corrected chi connectivity index (χ2v) is 1.03. The van der Waals surface area contributed by atoms with Crippen molar-refractivity contribution in [2.45, 2.75) is 0 Å². The van der Waals surface area contributed by atoms with Crippen molar-refractivity contribution < 1.29 is 0 Å². The Hall–Kier alpha value is -0.530. The van der Waals surface area contributed by atoms with Crippen LogP contribution >= 0.6 is 24.0 Å². The normalized spacial score (nSPS) is 8.00. The van der Waals surface area contributed by atoms with Gasteiger partial charge in [-0.25, -0.2) is 15.4 Å². The highest BCUT2D eigenvalue weighted by atomic mass is 127. The number of aromatic nitrogens is 3. The van der Waals surface area contributed by atoms with Crippen LogP contribution in [0.3, 0.4) is 0 Å². The summed E-state index contributed by atoms with van der Waals surface area (Å²) in [5.74, 6) is 0. The lowest BCUT2D eigenvalue weighted by Crippen LogP contribution is -2.20. The van der Waals surface area contributed by atoms with E-state index in [1.54, 1.807) is 0 Å². The van der Waals surface area contributed by atoms with Crippen LogP contribution in [-0.4, -0.2) is 15.4 Å². The maximum Gasteiger partial charge on any atom is 0.330 e. The quantitative estimate of drug-likeness (QED) is 0.394. The van der Waals surface area contributed by atoms with Crippen molar-refractivity contribution >= 4 is 24.0 Å². The number of hydrogen-bond donors (Lipinski definition) is 3. The maximum absolute atomic E-state index is 9.99. The minimum atomic E-state index is -0.653. The molecular weight excluding hydrogens is 225 g/mol. The van der Waals surface area contributed by atoms with Crippen molar-refractivity contribution in [2.75, 3.05) is 0 Å². The van der Waals surface area contributed by atoms with Crippen LogP contribution in [0.2, 0.25) is 0 Å². The zero-order chi connectivity index (χ0) is 5.28. The molecule has 0 saturated heterocycles. The molecule has 5 nitrogen and oxygen atoms in total. The number of H-pyrrole nitrogens is 3. The Morgan fingerprint density at radius 2 is 1.38 bits per heavy atom. The van der Waals surface area contributed by atoms with Crippen molar-refractivity contribution in [3.05, 3.63) is 20.7 Å². The third kappa shape index (κ3) is 1.22. The van der Waals surface area contributed by atoms with Crippen LogP contribution in [0.15, 0.2) is 9.59 Å². The molecule has 8 heavy (non-hydrogen) atoms. The highest BCUT2D eigenvalue weighted by molar-refractivity contribution is 14.0. The number of hydrogen-bond acceptors (Lipinski definition) is 2. The molecule has 0 saturated carbocycles. The molecule has 0 aliphatic carbocycles. The Labute approximate surface area is 60.5 Å². The molecule has 3 N–H and O–H groups in total. The van der Waals surface area contributed by atoms with Crippen LogP contribution in [-0.2, 0) is 0 Å². The van der Waals surface area contributed by atoms with Gasteiger partial charge < -0.3 is 0 Å². The Morgan fingerprint density at radius 1 is 1.00 bits per heavy atom. The van der Waals surface area contributed by atoms with Crippen molar-refractivity contribution in [2.24, 2.45) is 0 Å². The van der Waals surface area contributed by atoms with E-state index in [-0.39, 0.29) is 24.0 Å². The second-order valence-electron chi connectivity index (χ2n) is 1.03. The van der Waals surface area contributed by atoms with Gasteiger partial charge in [-0.1, -0.05) is 0 Å². The third-order valence-electron chi connectivity index (χ3n) is 0.558. The van der Waals surface area contributed by atoms with E-state index in [2.05, 4.69) is 5.21 Å². The van der Waals surface area contributed by atoms with Gasteiger partial charge in [0.25, 0.3) is 0 Å². The fourth-order valence-electron chi connectivity index (χ4n) is 0.258. The van der Waals surface area contributed by atoms with Gasteiger partial charge in [-0.3, -0.25) is 9.59 Å². The van der Waals surface area contributed by atoms with Gasteiger partial charge in [0.2, 0.25) is 0 Å². The van der Waals surface area contributed by atoms with Gasteiger partial charge in [0.15, 0.2) is 0 Å². The summed E-state index contributed by atoms with van der Waals surface area (Å²) in [6, 6.07) is 0. The molecule has 0 atom stereocenters. The van der Waals surface area contributed by atoms with Gasteiger partial charge in [0, 0.05) is 0 Å². The molecule has 0 aliphatic rings. The maximum atomic E-state index is 9.99. The minimum Gasteiger partial charge on any atom is -0.262 e. The summed E-state index contributed by atoms with van der Waals surface area (Å²) in [5.41, 5.74) is -1.31. The summed E-state index contributed by atoms with van der Waals surface area (Å²) in [6.07, 6.45) is 0. The average Bonchev–Trinajstić information content (AvgIpc) is 1.91. The van der Waals surface area contributed by atoms with Gasteiger partial charge in [0.05, 0.1) is 0 Å². The third-order valence-corrected chi connectivity index (χ3v) is 0.558. The van der Waals surface area contributed by atoms with Crippen molar-refractivity contribution in [1.29, 1.82) is 0 Å². The first-order valence-corrected chi connectivity index (χ1v) is 1.66. The summed E-state index contributed by atoms with van der Waals surface area (Å²) in [5, 5.41) is 6.16. The Balaban J connectivity index is 0.000000490. The first-order valence-electron chi connectivity index (χ1n) is 1.66. The monoisotopic (exact) mass is 229 g/mol. The second kappa shape index (κ2) is 2.70. The summed E-state index contributed by atoms with van der Waals surface area (Å²) in [4.78, 5) is 20.0. The van der Waals surface area contributed by atoms with Crippen LogP contribution in [0.5, 0.6) is 0 Å². The molecule has 1 rings (SSSR count). The van der Waals surface area contributed by atoms with E-state index in [1.807, 2.05) is 10.2 Å². The first kappa shape index (κ1) is 7.47. The van der Waals surface area contributed by atoms with Gasteiger partial charge in [0.1, 0.15) is 0 Å². The number of rotatable bonds is 0. The lowest BCUT2D eigenvalue weighted by atomic mass is 10.9. The molecule has 1 heterocycles. The van der Waals surface area contributed by atoms with E-state index in [9.17, 15) is 9.59 Å². The molecule has 0 unspecified atom stereocenters. The smallest absolute Gasteiger partial charge is 0.262 e. The number of nitrogens with one attached hydrogen (secondary N) is 3. The molecule has 0 radical (unpaired) electrons. The van der Waals surface area contributed by atoms with Crippen molar-refractivity contribution in [1.82, 2.24) is 15.4 Å². The van der Waals surface area contributed by atoms with Crippen LogP contribution < -0.4 is 11.1 Å². The van der Waals surface area contributed by atoms with Crippen molar-refractivity contribution in [3.8, 4) is 0 Å². The van der Waals surface area contributed by atoms with Crippen LogP contribution in [0.4, 0.5) is 0 Å². The SMILES string of the molecule is I.O=c1[nH][nH][nH]c1=O. The van der Waals surface area contributed by atoms with Crippen LogP contribution in [0.25, 0.3) is 0 Å². The van der Waals surface area contributed by atoms with E-state index in [0.29, 0.717) is 0 Å². The Bertz CT molecular complexity index is 220. The van der Waals surface area contributed by atoms with Gasteiger partial charge in [-0.05, 0) is 0 Å². The molecule has 0 fully saturated rings. The zero-order valence-corrected chi connectivity index (χ0v) is 6.06. The highest BCUT2D eigenvalue weighted by Crippen LogP contribution is 1.29. The summed E-state index contributed by atoms with van der Waals surface area (Å²) in [7, 11) is 0. The fraction of sp³-hybridized carbons (Fsp3) is 0. The Kier molecular flexibility index (Phi) is 2.52. The standard InChI is InChI=1S/C2H3N3O2.HI/c6-1-2(7)4-5-3-1;/h(H3,3,4,5,6,7);1H. The molecular formula is C2H4IN3O2. The fourth-order valence-corrected chi connectivity index (χ4v) is 0.258. The molecule has 0 amide bonds. The van der Waals surface area contributed by atoms with E-state index in [4.69, 9.17) is 0 Å². The summed E-state index contributed by atoms with van der Waals surface area (Å²) in [6.45, 7) is 0. The molecule has 0 bridgehead atoms. The predicted molar refractivity (Wildman–Crippen MR) is 37.4 cm³/mol. The lowest BCUT2D eigenvalue weighted by Gasteiger charge is -1.55. The summed E-state index contributed by atoms with van der Waals surface area (Å²) >= 11 is 0. The topological polar surface area (TPSA) is 81.5 Å². The first-order chi connectivity index (χ1) is 3.30. The molecule has 0 aliphatic heterocycles. The van der Waals surface area contributed by atoms with Gasteiger partial charge in [-0.15, -0.1) is 24.0 Å². The molecule has 1 aromatic rings. The lowest BCUT2D eigenvalue weighted by molar-refractivity contribution is 0.923. The van der Waals surface area contributed by atoms with E-state index in [0.717, 1.165) is 0 Å². The number of halogens is 1. The van der Waals surface area contributed by atoms with E-state index >= 15 is 0 Å². The summed E-state index contributed by atoms with van der Waals surface area (Å²) < 4.78 is 0. The molecule has 0 spiro atoms. The van der Waals surface area contributed by atoms with E-state index in [1.165, 1.54) is 0 Å². The van der Waals surface area contributed by atoms with Gasteiger partial charge in [-0.2, -0.15) is 0 Å². The molecule has 0 aromatic carbocycles. The molecule has 6 heteroatoms. The largest absolute Gasteiger partial charge is 0.330 e. The predicted octanol–water partition coefficient (Wildman–Crippen LogP) is -0.991. The number of aromatic amines is 3. The molecule has 46 valence electrons. The van der Waals surface area contributed by atoms with Crippen LogP contribution in [0, 0.1) is 0 Å².